The molecule has 3 nitrogen and oxygen atoms in total. The van der Waals surface area contributed by atoms with E-state index in [9.17, 15) is 22.4 Å². The summed E-state index contributed by atoms with van der Waals surface area (Å²) < 4.78 is 56.9. The third kappa shape index (κ3) is 6.76. The fourth-order valence-electron chi connectivity index (χ4n) is 2.26. The van der Waals surface area contributed by atoms with Gasteiger partial charge in [-0.05, 0) is 25.0 Å². The number of rotatable bonds is 9. The van der Waals surface area contributed by atoms with E-state index in [0.29, 0.717) is 12.5 Å². The highest BCUT2D eigenvalue weighted by molar-refractivity contribution is 5.90. The molecule has 1 aromatic rings. The Hall–Kier alpha value is -1.79. The lowest BCUT2D eigenvalue weighted by molar-refractivity contribution is -0.206. The molecule has 136 valence electrons. The van der Waals surface area contributed by atoms with Crippen molar-refractivity contribution in [2.45, 2.75) is 64.1 Å². The number of aromatic hydroxyl groups is 1. The van der Waals surface area contributed by atoms with Crippen molar-refractivity contribution >= 4 is 5.97 Å². The molecule has 1 N–H and O–H groups in total. The number of benzene rings is 1. The standard InChI is InChI=1S/C17H22F4O3/c1-2-3-4-5-6-7-8-15(17(19,20)21)24-16(23)13-10-9-12(22)11-14(13)18/h9-11,15,22H,2-8H2,1H3. The molecular formula is C17H22F4O3. The Morgan fingerprint density at radius 2 is 1.79 bits per heavy atom. The average molecular weight is 350 g/mol. The van der Waals surface area contributed by atoms with Crippen LogP contribution in [0.2, 0.25) is 0 Å². The van der Waals surface area contributed by atoms with Gasteiger partial charge in [0, 0.05) is 6.07 Å². The second-order valence-electron chi connectivity index (χ2n) is 5.66. The van der Waals surface area contributed by atoms with Gasteiger partial charge in [-0.3, -0.25) is 0 Å². The van der Waals surface area contributed by atoms with Gasteiger partial charge in [0.1, 0.15) is 11.6 Å². The van der Waals surface area contributed by atoms with Crippen molar-refractivity contribution < 1.29 is 32.2 Å². The zero-order chi connectivity index (χ0) is 18.2. The minimum atomic E-state index is -4.70. The Kier molecular flexibility index (Phi) is 8.01. The zero-order valence-corrected chi connectivity index (χ0v) is 13.5. The number of phenolic OH excluding ortho intramolecular Hbond substituents is 1. The predicted molar refractivity (Wildman–Crippen MR) is 81.3 cm³/mol. The largest absolute Gasteiger partial charge is 0.508 e. The molecule has 0 spiro atoms. The summed E-state index contributed by atoms with van der Waals surface area (Å²) in [6.45, 7) is 2.04. The molecule has 1 atom stereocenters. The second-order valence-corrected chi connectivity index (χ2v) is 5.66. The van der Waals surface area contributed by atoms with Gasteiger partial charge in [-0.25, -0.2) is 9.18 Å². The summed E-state index contributed by atoms with van der Waals surface area (Å²) in [4.78, 5) is 11.8. The van der Waals surface area contributed by atoms with Crippen LogP contribution in [-0.4, -0.2) is 23.4 Å². The molecule has 1 aromatic carbocycles. The van der Waals surface area contributed by atoms with Crippen molar-refractivity contribution in [3.05, 3.63) is 29.6 Å². The quantitative estimate of drug-likeness (QED) is 0.370. The van der Waals surface area contributed by atoms with Gasteiger partial charge in [0.25, 0.3) is 0 Å². The first-order valence-corrected chi connectivity index (χ1v) is 8.02. The van der Waals surface area contributed by atoms with Gasteiger partial charge < -0.3 is 9.84 Å². The molecule has 0 aliphatic rings. The van der Waals surface area contributed by atoms with Crippen LogP contribution in [0, 0.1) is 5.82 Å². The van der Waals surface area contributed by atoms with Crippen LogP contribution in [0.25, 0.3) is 0 Å². The fraction of sp³-hybridized carbons (Fsp3) is 0.588. The minimum absolute atomic E-state index is 0.277. The Labute approximate surface area is 138 Å². The topological polar surface area (TPSA) is 46.5 Å². The molecule has 0 aliphatic heterocycles. The number of halogens is 4. The van der Waals surface area contributed by atoms with E-state index >= 15 is 0 Å². The molecule has 0 aliphatic carbocycles. The number of ether oxygens (including phenoxy) is 1. The first-order valence-electron chi connectivity index (χ1n) is 8.02. The van der Waals surface area contributed by atoms with Crippen LogP contribution in [-0.2, 0) is 4.74 Å². The third-order valence-electron chi connectivity index (χ3n) is 3.61. The van der Waals surface area contributed by atoms with Crippen molar-refractivity contribution in [1.29, 1.82) is 0 Å². The molecular weight excluding hydrogens is 328 g/mol. The summed E-state index contributed by atoms with van der Waals surface area (Å²) in [5, 5.41) is 9.06. The molecule has 24 heavy (non-hydrogen) atoms. The smallest absolute Gasteiger partial charge is 0.425 e. The first kappa shape index (κ1) is 20.3. The van der Waals surface area contributed by atoms with E-state index in [0.717, 1.165) is 37.8 Å². The summed E-state index contributed by atoms with van der Waals surface area (Å²) >= 11 is 0. The number of esters is 1. The van der Waals surface area contributed by atoms with Gasteiger partial charge >= 0.3 is 12.1 Å². The summed E-state index contributed by atoms with van der Waals surface area (Å²) in [5.74, 6) is -2.94. The Balaban J connectivity index is 2.61. The summed E-state index contributed by atoms with van der Waals surface area (Å²) in [6, 6.07) is 2.55. The van der Waals surface area contributed by atoms with Gasteiger partial charge in [0.05, 0.1) is 5.56 Å². The van der Waals surface area contributed by atoms with E-state index in [1.165, 1.54) is 0 Å². The van der Waals surface area contributed by atoms with Crippen LogP contribution < -0.4 is 0 Å². The Morgan fingerprint density at radius 3 is 2.38 bits per heavy atom. The van der Waals surface area contributed by atoms with Crippen molar-refractivity contribution in [3.8, 4) is 5.75 Å². The predicted octanol–water partition coefficient (Wildman–Crippen LogP) is 5.37. The number of carbonyl (C=O) groups is 1. The fourth-order valence-corrected chi connectivity index (χ4v) is 2.26. The van der Waals surface area contributed by atoms with Crippen LogP contribution in [0.1, 0.15) is 62.2 Å². The number of hydrogen-bond acceptors (Lipinski definition) is 3. The van der Waals surface area contributed by atoms with E-state index in [1.807, 2.05) is 6.92 Å². The Morgan fingerprint density at radius 1 is 1.17 bits per heavy atom. The highest BCUT2D eigenvalue weighted by Crippen LogP contribution is 2.28. The molecule has 0 bridgehead atoms. The van der Waals surface area contributed by atoms with E-state index in [-0.39, 0.29) is 12.8 Å². The molecule has 7 heteroatoms. The van der Waals surface area contributed by atoms with E-state index in [4.69, 9.17) is 5.11 Å². The lowest BCUT2D eigenvalue weighted by Crippen LogP contribution is -2.34. The van der Waals surface area contributed by atoms with Gasteiger partial charge in [0.15, 0.2) is 6.10 Å². The van der Waals surface area contributed by atoms with Crippen LogP contribution in [0.3, 0.4) is 0 Å². The molecule has 0 aromatic heterocycles. The third-order valence-corrected chi connectivity index (χ3v) is 3.61. The van der Waals surface area contributed by atoms with Crippen molar-refractivity contribution in [1.82, 2.24) is 0 Å². The minimum Gasteiger partial charge on any atom is -0.508 e. The molecule has 0 radical (unpaired) electrons. The van der Waals surface area contributed by atoms with Crippen LogP contribution in [0.15, 0.2) is 18.2 Å². The molecule has 0 heterocycles. The normalized spacial score (nSPS) is 12.9. The SMILES string of the molecule is CCCCCCCCC(OC(=O)c1ccc(O)cc1F)C(F)(F)F. The lowest BCUT2D eigenvalue weighted by Gasteiger charge is -2.20. The maximum Gasteiger partial charge on any atom is 0.425 e. The molecule has 1 unspecified atom stereocenters. The summed E-state index contributed by atoms with van der Waals surface area (Å²) in [5.41, 5.74) is -0.634. The first-order chi connectivity index (χ1) is 11.3. The van der Waals surface area contributed by atoms with Gasteiger partial charge in [0.2, 0.25) is 0 Å². The number of unbranched alkanes of at least 4 members (excludes halogenated alkanes) is 5. The lowest BCUT2D eigenvalue weighted by atomic mass is 10.1. The van der Waals surface area contributed by atoms with E-state index < -0.39 is 35.4 Å². The van der Waals surface area contributed by atoms with Crippen LogP contribution in [0.5, 0.6) is 5.75 Å². The molecule has 1 rings (SSSR count). The summed E-state index contributed by atoms with van der Waals surface area (Å²) in [6.07, 6.45) is -2.53. The van der Waals surface area contributed by atoms with E-state index in [2.05, 4.69) is 4.74 Å². The summed E-state index contributed by atoms with van der Waals surface area (Å²) in [7, 11) is 0. The van der Waals surface area contributed by atoms with Crippen LogP contribution >= 0.6 is 0 Å². The highest BCUT2D eigenvalue weighted by Gasteiger charge is 2.42. The second kappa shape index (κ2) is 9.49. The number of phenols is 1. The van der Waals surface area contributed by atoms with Crippen molar-refractivity contribution in [3.63, 3.8) is 0 Å². The van der Waals surface area contributed by atoms with Gasteiger partial charge in [-0.1, -0.05) is 39.0 Å². The molecule has 0 fully saturated rings. The number of carbonyl (C=O) groups excluding carboxylic acids is 1. The number of hydrogen-bond donors (Lipinski definition) is 1. The van der Waals surface area contributed by atoms with E-state index in [1.54, 1.807) is 0 Å². The Bertz CT molecular complexity index is 529. The molecule has 0 amide bonds. The maximum absolute atomic E-state index is 13.5. The van der Waals surface area contributed by atoms with Crippen LogP contribution in [0.4, 0.5) is 17.6 Å². The van der Waals surface area contributed by atoms with Crippen molar-refractivity contribution in [2.75, 3.05) is 0 Å². The highest BCUT2D eigenvalue weighted by atomic mass is 19.4. The molecule has 0 saturated carbocycles. The van der Waals surface area contributed by atoms with Gasteiger partial charge in [-0.2, -0.15) is 13.2 Å². The maximum atomic E-state index is 13.5. The van der Waals surface area contributed by atoms with Gasteiger partial charge in [-0.15, -0.1) is 0 Å². The molecule has 0 saturated heterocycles. The number of alkyl halides is 3. The average Bonchev–Trinajstić information content (AvgIpc) is 2.48. The van der Waals surface area contributed by atoms with Crippen molar-refractivity contribution in [2.24, 2.45) is 0 Å². The zero-order valence-electron chi connectivity index (χ0n) is 13.5. The monoisotopic (exact) mass is 350 g/mol.